The average molecular weight is 476 g/mol. The average Bonchev–Trinajstić information content (AvgIpc) is 3.32. The molecular formula is C19H14BrN3OS3. The molecule has 0 fully saturated rings. The van der Waals surface area contributed by atoms with Gasteiger partial charge in [0.05, 0.1) is 25.4 Å². The Morgan fingerprint density at radius 3 is 2.78 bits per heavy atom. The molecule has 0 aliphatic carbocycles. The van der Waals surface area contributed by atoms with E-state index in [0.717, 1.165) is 24.5 Å². The highest BCUT2D eigenvalue weighted by atomic mass is 79.9. The molecule has 3 aromatic heterocycles. The fourth-order valence-corrected chi connectivity index (χ4v) is 5.61. The number of amides is 1. The third-order valence-electron chi connectivity index (χ3n) is 3.91. The lowest BCUT2D eigenvalue weighted by molar-refractivity contribution is 0.0989. The van der Waals surface area contributed by atoms with E-state index in [0.29, 0.717) is 16.6 Å². The summed E-state index contributed by atoms with van der Waals surface area (Å²) in [5.41, 5.74) is 1.91. The summed E-state index contributed by atoms with van der Waals surface area (Å²) in [4.78, 5) is 25.8. The highest BCUT2D eigenvalue weighted by Crippen LogP contribution is 2.36. The van der Waals surface area contributed by atoms with E-state index in [2.05, 4.69) is 27.0 Å². The summed E-state index contributed by atoms with van der Waals surface area (Å²) in [5.74, 6) is -0.0562. The number of para-hydroxylation sites is 1. The quantitative estimate of drug-likeness (QED) is 0.328. The standard InChI is InChI=1S/C19H14BrN3OS3/c1-25-13-5-2-6-14-17(13)22-19(27-14)23(11-12-4-3-9-21-10-12)18(24)15-7-8-16(20)26-15/h2-10H,11H2,1H3. The number of pyridine rings is 1. The van der Waals surface area contributed by atoms with Crippen LogP contribution in [0.15, 0.2) is 63.5 Å². The molecule has 0 saturated carbocycles. The van der Waals surface area contributed by atoms with Crippen molar-refractivity contribution in [2.75, 3.05) is 11.2 Å². The largest absolute Gasteiger partial charge is 0.279 e. The van der Waals surface area contributed by atoms with E-state index in [4.69, 9.17) is 4.98 Å². The number of thioether (sulfide) groups is 1. The predicted octanol–water partition coefficient (Wildman–Crippen LogP) is 6.08. The van der Waals surface area contributed by atoms with Crippen molar-refractivity contribution in [2.24, 2.45) is 0 Å². The first kappa shape index (κ1) is 18.6. The molecule has 0 aliphatic heterocycles. The molecule has 1 aromatic carbocycles. The molecule has 0 spiro atoms. The van der Waals surface area contributed by atoms with Crippen LogP contribution in [0.3, 0.4) is 0 Å². The zero-order chi connectivity index (χ0) is 18.8. The molecule has 0 unspecified atom stereocenters. The number of carbonyl (C=O) groups is 1. The minimum absolute atomic E-state index is 0.0562. The Morgan fingerprint density at radius 2 is 2.07 bits per heavy atom. The van der Waals surface area contributed by atoms with Gasteiger partial charge in [-0.05, 0) is 58.1 Å². The van der Waals surface area contributed by atoms with Crippen LogP contribution in [0.1, 0.15) is 15.2 Å². The van der Waals surface area contributed by atoms with Gasteiger partial charge in [0.25, 0.3) is 5.91 Å². The van der Waals surface area contributed by atoms with Crippen LogP contribution in [-0.2, 0) is 6.54 Å². The van der Waals surface area contributed by atoms with Crippen molar-refractivity contribution in [1.82, 2.24) is 9.97 Å². The molecule has 0 atom stereocenters. The second kappa shape index (κ2) is 8.10. The number of nitrogens with zero attached hydrogens (tertiary/aromatic N) is 3. The number of thiophene rings is 1. The number of hydrogen-bond donors (Lipinski definition) is 0. The number of rotatable bonds is 5. The molecule has 136 valence electrons. The van der Waals surface area contributed by atoms with Crippen LogP contribution in [0.5, 0.6) is 0 Å². The summed E-state index contributed by atoms with van der Waals surface area (Å²) in [5, 5.41) is 0.699. The van der Waals surface area contributed by atoms with Crippen molar-refractivity contribution in [3.63, 3.8) is 0 Å². The molecule has 0 N–H and O–H groups in total. The predicted molar refractivity (Wildman–Crippen MR) is 118 cm³/mol. The smallest absolute Gasteiger partial charge is 0.270 e. The minimum atomic E-state index is -0.0562. The zero-order valence-corrected chi connectivity index (χ0v) is 18.3. The maximum absolute atomic E-state index is 13.3. The summed E-state index contributed by atoms with van der Waals surface area (Å²) in [6.07, 6.45) is 5.55. The first-order chi connectivity index (χ1) is 13.2. The lowest BCUT2D eigenvalue weighted by Crippen LogP contribution is -2.29. The van der Waals surface area contributed by atoms with Crippen LogP contribution in [0.25, 0.3) is 10.2 Å². The number of carbonyl (C=O) groups excluding carboxylic acids is 1. The highest BCUT2D eigenvalue weighted by molar-refractivity contribution is 9.11. The molecule has 8 heteroatoms. The monoisotopic (exact) mass is 475 g/mol. The second-order valence-electron chi connectivity index (χ2n) is 5.66. The van der Waals surface area contributed by atoms with Gasteiger partial charge in [0.1, 0.15) is 0 Å². The van der Waals surface area contributed by atoms with Crippen LogP contribution in [0, 0.1) is 0 Å². The first-order valence-electron chi connectivity index (χ1n) is 8.05. The fourth-order valence-electron chi connectivity index (χ4n) is 2.65. The molecule has 3 heterocycles. The Labute approximate surface area is 177 Å². The van der Waals surface area contributed by atoms with Crippen LogP contribution in [0.2, 0.25) is 0 Å². The number of anilines is 1. The van der Waals surface area contributed by atoms with E-state index in [-0.39, 0.29) is 5.91 Å². The van der Waals surface area contributed by atoms with E-state index in [1.54, 1.807) is 29.1 Å². The molecule has 0 bridgehead atoms. The van der Waals surface area contributed by atoms with Crippen molar-refractivity contribution < 1.29 is 4.79 Å². The Morgan fingerprint density at radius 1 is 1.19 bits per heavy atom. The van der Waals surface area contributed by atoms with E-state index >= 15 is 0 Å². The minimum Gasteiger partial charge on any atom is -0.279 e. The van der Waals surface area contributed by atoms with Gasteiger partial charge in [0.15, 0.2) is 5.13 Å². The Hall–Kier alpha value is -1.74. The van der Waals surface area contributed by atoms with Gasteiger partial charge in [-0.2, -0.15) is 0 Å². The first-order valence-corrected chi connectivity index (χ1v) is 11.7. The number of halogens is 1. The molecule has 4 aromatic rings. The topological polar surface area (TPSA) is 46.1 Å². The highest BCUT2D eigenvalue weighted by Gasteiger charge is 2.23. The molecule has 0 aliphatic rings. The SMILES string of the molecule is CSc1cccc2sc(N(Cc3cccnc3)C(=O)c3ccc(Br)s3)nc12. The normalized spacial score (nSPS) is 11.0. The summed E-state index contributed by atoms with van der Waals surface area (Å²) in [7, 11) is 0. The zero-order valence-electron chi connectivity index (χ0n) is 14.3. The summed E-state index contributed by atoms with van der Waals surface area (Å²) in [6, 6.07) is 13.7. The van der Waals surface area contributed by atoms with Crippen molar-refractivity contribution in [3.8, 4) is 0 Å². The van der Waals surface area contributed by atoms with E-state index in [9.17, 15) is 4.79 Å². The van der Waals surface area contributed by atoms with Gasteiger partial charge >= 0.3 is 0 Å². The van der Waals surface area contributed by atoms with Gasteiger partial charge in [-0.25, -0.2) is 4.98 Å². The van der Waals surface area contributed by atoms with Crippen LogP contribution >= 0.6 is 50.4 Å². The third-order valence-corrected chi connectivity index (χ3v) is 7.34. The van der Waals surface area contributed by atoms with Gasteiger partial charge in [0.2, 0.25) is 0 Å². The van der Waals surface area contributed by atoms with Crippen LogP contribution in [0.4, 0.5) is 5.13 Å². The van der Waals surface area contributed by atoms with Gasteiger partial charge < -0.3 is 0 Å². The molecular weight excluding hydrogens is 462 g/mol. The van der Waals surface area contributed by atoms with Crippen LogP contribution in [-0.4, -0.2) is 22.1 Å². The number of fused-ring (bicyclic) bond motifs is 1. The van der Waals surface area contributed by atoms with Crippen molar-refractivity contribution >= 4 is 71.6 Å². The van der Waals surface area contributed by atoms with E-state index in [1.807, 2.05) is 42.7 Å². The Kier molecular flexibility index (Phi) is 5.58. The number of thiazole rings is 1. The summed E-state index contributed by atoms with van der Waals surface area (Å²) >= 11 is 8.07. The van der Waals surface area contributed by atoms with E-state index in [1.165, 1.54) is 22.7 Å². The summed E-state index contributed by atoms with van der Waals surface area (Å²) in [6.45, 7) is 0.427. The van der Waals surface area contributed by atoms with Crippen LogP contribution < -0.4 is 4.90 Å². The third kappa shape index (κ3) is 3.94. The van der Waals surface area contributed by atoms with Gasteiger partial charge in [-0.3, -0.25) is 14.7 Å². The Bertz CT molecular complexity index is 1090. The number of aromatic nitrogens is 2. The van der Waals surface area contributed by atoms with Gasteiger partial charge in [-0.1, -0.05) is 23.5 Å². The fraction of sp³-hybridized carbons (Fsp3) is 0.105. The maximum atomic E-state index is 13.3. The summed E-state index contributed by atoms with van der Waals surface area (Å²) < 4.78 is 2.01. The molecule has 0 saturated heterocycles. The lowest BCUT2D eigenvalue weighted by Gasteiger charge is -2.19. The molecule has 0 radical (unpaired) electrons. The van der Waals surface area contributed by atoms with Crippen molar-refractivity contribution in [3.05, 3.63) is 69.1 Å². The Balaban J connectivity index is 1.78. The van der Waals surface area contributed by atoms with Crippen molar-refractivity contribution in [2.45, 2.75) is 11.4 Å². The maximum Gasteiger partial charge on any atom is 0.270 e. The van der Waals surface area contributed by atoms with Gasteiger partial charge in [-0.15, -0.1) is 23.1 Å². The number of hydrogen-bond acceptors (Lipinski definition) is 6. The lowest BCUT2D eigenvalue weighted by atomic mass is 10.2. The van der Waals surface area contributed by atoms with E-state index < -0.39 is 0 Å². The molecule has 27 heavy (non-hydrogen) atoms. The molecule has 4 rings (SSSR count). The molecule has 1 amide bonds. The number of benzene rings is 1. The van der Waals surface area contributed by atoms with Gasteiger partial charge in [0, 0.05) is 17.3 Å². The second-order valence-corrected chi connectivity index (χ2v) is 9.98. The van der Waals surface area contributed by atoms with Crippen molar-refractivity contribution in [1.29, 1.82) is 0 Å². The molecule has 4 nitrogen and oxygen atoms in total.